The van der Waals surface area contributed by atoms with E-state index in [2.05, 4.69) is 15.3 Å². The van der Waals surface area contributed by atoms with Crippen molar-refractivity contribution in [2.24, 2.45) is 7.05 Å². The predicted molar refractivity (Wildman–Crippen MR) is 113 cm³/mol. The molecule has 1 aliphatic heterocycles. The Balaban J connectivity index is 1.72. The third-order valence-corrected chi connectivity index (χ3v) is 7.14. The second-order valence-electron chi connectivity index (χ2n) is 6.97. The van der Waals surface area contributed by atoms with E-state index in [0.717, 1.165) is 0 Å². The van der Waals surface area contributed by atoms with Gasteiger partial charge in [0.2, 0.25) is 15.9 Å². The topological polar surface area (TPSA) is 87.5 Å². The van der Waals surface area contributed by atoms with Crippen LogP contribution in [-0.2, 0) is 21.9 Å². The number of hydrogen-bond donors (Lipinski definition) is 1. The monoisotopic (exact) mass is 437 g/mol. The van der Waals surface area contributed by atoms with Gasteiger partial charge in [-0.25, -0.2) is 8.42 Å². The van der Waals surface area contributed by atoms with Gasteiger partial charge in [0.25, 0.3) is 0 Å². The van der Waals surface area contributed by atoms with Crippen LogP contribution in [0.4, 0.5) is 5.69 Å². The fourth-order valence-corrected chi connectivity index (χ4v) is 4.80. The van der Waals surface area contributed by atoms with E-state index in [9.17, 15) is 13.2 Å². The zero-order valence-electron chi connectivity index (χ0n) is 16.6. The molecular weight excluding hydrogens is 414 g/mol. The van der Waals surface area contributed by atoms with Gasteiger partial charge >= 0.3 is 0 Å². The molecule has 156 valence electrons. The summed E-state index contributed by atoms with van der Waals surface area (Å²) in [5, 5.41) is 7.32. The number of anilines is 1. The maximum absolute atomic E-state index is 12.9. The Morgan fingerprint density at radius 1 is 1.21 bits per heavy atom. The number of aromatic nitrogens is 2. The number of likely N-dealkylation sites (N-methyl/N-ethyl adjacent to an activating group) is 1. The molecule has 3 rings (SSSR count). The first-order valence-electron chi connectivity index (χ1n) is 9.15. The smallest absolute Gasteiger partial charge is 0.248 e. The summed E-state index contributed by atoms with van der Waals surface area (Å²) in [6, 6.07) is 6.28. The van der Waals surface area contributed by atoms with Crippen molar-refractivity contribution in [3.63, 3.8) is 0 Å². The minimum atomic E-state index is -3.60. The fourth-order valence-electron chi connectivity index (χ4n) is 3.09. The first kappa shape index (κ1) is 21.5. The molecule has 2 aromatic rings. The van der Waals surface area contributed by atoms with Gasteiger partial charge in [0.15, 0.2) is 0 Å². The summed E-state index contributed by atoms with van der Waals surface area (Å²) in [6.45, 7) is 4.08. The van der Waals surface area contributed by atoms with E-state index in [-0.39, 0.29) is 4.90 Å². The number of amides is 1. The van der Waals surface area contributed by atoms with Gasteiger partial charge in [0.05, 0.1) is 10.6 Å². The van der Waals surface area contributed by atoms with Crippen LogP contribution < -0.4 is 5.32 Å². The Labute approximate surface area is 175 Å². The average Bonchev–Trinajstić information content (AvgIpc) is 2.92. The van der Waals surface area contributed by atoms with E-state index in [1.807, 2.05) is 7.05 Å². The van der Waals surface area contributed by atoms with Crippen LogP contribution in [-0.4, -0.2) is 66.5 Å². The Morgan fingerprint density at radius 2 is 1.90 bits per heavy atom. The predicted octanol–water partition coefficient (Wildman–Crippen LogP) is 1.97. The van der Waals surface area contributed by atoms with Crippen molar-refractivity contribution in [1.82, 2.24) is 19.0 Å². The van der Waals surface area contributed by atoms with E-state index in [1.54, 1.807) is 32.2 Å². The molecule has 1 saturated heterocycles. The lowest BCUT2D eigenvalue weighted by molar-refractivity contribution is -0.111. The molecule has 29 heavy (non-hydrogen) atoms. The molecule has 2 heterocycles. The Kier molecular flexibility index (Phi) is 6.42. The maximum atomic E-state index is 12.9. The van der Waals surface area contributed by atoms with E-state index < -0.39 is 15.9 Å². The molecule has 1 amide bonds. The molecule has 1 N–H and O–H groups in total. The second-order valence-corrected chi connectivity index (χ2v) is 9.27. The molecule has 0 radical (unpaired) electrons. The molecule has 0 saturated carbocycles. The van der Waals surface area contributed by atoms with Crippen LogP contribution in [0.25, 0.3) is 6.08 Å². The molecule has 1 aromatic heterocycles. The fraction of sp³-hybridized carbons (Fsp3) is 0.368. The quantitative estimate of drug-likeness (QED) is 0.722. The highest BCUT2D eigenvalue weighted by Gasteiger charge is 2.27. The average molecular weight is 438 g/mol. The highest BCUT2D eigenvalue weighted by atomic mass is 35.5. The lowest BCUT2D eigenvalue weighted by atomic mass is 10.2. The normalized spacial score (nSPS) is 16.4. The highest BCUT2D eigenvalue weighted by Crippen LogP contribution is 2.22. The van der Waals surface area contributed by atoms with Crippen LogP contribution in [0, 0.1) is 6.92 Å². The standard InChI is InChI=1S/C19H24ClN5O3S/c1-14-17(19(20)24(3)22-14)7-8-18(26)21-15-5-4-6-16(13-15)29(27,28)25-11-9-23(2)10-12-25/h4-8,13H,9-12H2,1-3H3,(H,21,26). The Morgan fingerprint density at radius 3 is 2.52 bits per heavy atom. The Hall–Kier alpha value is -2.20. The third-order valence-electron chi connectivity index (χ3n) is 4.80. The molecular formula is C19H24ClN5O3S. The number of nitrogens with zero attached hydrogens (tertiary/aromatic N) is 4. The van der Waals surface area contributed by atoms with Crippen molar-refractivity contribution in [2.45, 2.75) is 11.8 Å². The summed E-state index contributed by atoms with van der Waals surface area (Å²) in [5.74, 6) is -0.390. The highest BCUT2D eigenvalue weighted by molar-refractivity contribution is 7.89. The van der Waals surface area contributed by atoms with Crippen LogP contribution in [0.5, 0.6) is 0 Å². The van der Waals surface area contributed by atoms with E-state index in [0.29, 0.717) is 48.3 Å². The summed E-state index contributed by atoms with van der Waals surface area (Å²) < 4.78 is 28.8. The number of carbonyl (C=O) groups excluding carboxylic acids is 1. The van der Waals surface area contributed by atoms with Crippen molar-refractivity contribution in [2.75, 3.05) is 38.5 Å². The van der Waals surface area contributed by atoms with Crippen LogP contribution >= 0.6 is 11.6 Å². The zero-order chi connectivity index (χ0) is 21.2. The SMILES string of the molecule is Cc1nn(C)c(Cl)c1C=CC(=O)Nc1cccc(S(=O)(=O)N2CCN(C)CC2)c1. The van der Waals surface area contributed by atoms with Crippen LogP contribution in [0.3, 0.4) is 0 Å². The second kappa shape index (κ2) is 8.66. The number of carbonyl (C=O) groups is 1. The van der Waals surface area contributed by atoms with Gasteiger partial charge in [-0.3, -0.25) is 9.48 Å². The summed E-state index contributed by atoms with van der Waals surface area (Å²) in [4.78, 5) is 14.5. The molecule has 1 fully saturated rings. The van der Waals surface area contributed by atoms with Crippen molar-refractivity contribution in [3.8, 4) is 0 Å². The summed E-state index contributed by atoms with van der Waals surface area (Å²) in [6.07, 6.45) is 2.93. The number of sulfonamides is 1. The molecule has 0 bridgehead atoms. The summed E-state index contributed by atoms with van der Waals surface area (Å²) in [5.41, 5.74) is 1.78. The molecule has 1 aromatic carbocycles. The van der Waals surface area contributed by atoms with Gasteiger partial charge in [-0.2, -0.15) is 9.40 Å². The van der Waals surface area contributed by atoms with Crippen molar-refractivity contribution in [1.29, 1.82) is 0 Å². The number of halogens is 1. The number of nitrogens with one attached hydrogen (secondary N) is 1. The van der Waals surface area contributed by atoms with Gasteiger partial charge in [-0.1, -0.05) is 17.7 Å². The van der Waals surface area contributed by atoms with E-state index >= 15 is 0 Å². The van der Waals surface area contributed by atoms with Crippen molar-refractivity contribution >= 4 is 39.3 Å². The minimum absolute atomic E-state index is 0.162. The number of aryl methyl sites for hydroxylation is 2. The number of hydrogen-bond acceptors (Lipinski definition) is 5. The van der Waals surface area contributed by atoms with Crippen molar-refractivity contribution < 1.29 is 13.2 Å². The zero-order valence-corrected chi connectivity index (χ0v) is 18.2. The van der Waals surface area contributed by atoms with E-state index in [4.69, 9.17) is 11.6 Å². The maximum Gasteiger partial charge on any atom is 0.248 e. The van der Waals surface area contributed by atoms with Crippen LogP contribution in [0.1, 0.15) is 11.3 Å². The summed E-state index contributed by atoms with van der Waals surface area (Å²) in [7, 11) is 0.0887. The van der Waals surface area contributed by atoms with Gasteiger partial charge in [-0.15, -0.1) is 0 Å². The first-order valence-corrected chi connectivity index (χ1v) is 11.0. The lowest BCUT2D eigenvalue weighted by Crippen LogP contribution is -2.47. The third kappa shape index (κ3) is 4.87. The van der Waals surface area contributed by atoms with Crippen LogP contribution in [0.15, 0.2) is 35.2 Å². The molecule has 10 heteroatoms. The molecule has 0 spiro atoms. The van der Waals surface area contributed by atoms with Gasteiger partial charge in [-0.05, 0) is 38.2 Å². The first-order chi connectivity index (χ1) is 13.7. The molecule has 0 unspecified atom stereocenters. The lowest BCUT2D eigenvalue weighted by Gasteiger charge is -2.31. The van der Waals surface area contributed by atoms with Crippen LogP contribution in [0.2, 0.25) is 5.15 Å². The number of rotatable bonds is 5. The number of piperazine rings is 1. The van der Waals surface area contributed by atoms with Gasteiger partial charge in [0, 0.05) is 50.6 Å². The van der Waals surface area contributed by atoms with E-state index in [1.165, 1.54) is 27.2 Å². The largest absolute Gasteiger partial charge is 0.322 e. The molecule has 1 aliphatic rings. The summed E-state index contributed by atoms with van der Waals surface area (Å²) >= 11 is 6.15. The Bertz CT molecular complexity index is 1040. The molecule has 8 nitrogen and oxygen atoms in total. The number of benzene rings is 1. The van der Waals surface area contributed by atoms with Gasteiger partial charge < -0.3 is 10.2 Å². The van der Waals surface area contributed by atoms with Crippen molar-refractivity contribution in [3.05, 3.63) is 46.8 Å². The van der Waals surface area contributed by atoms with Gasteiger partial charge in [0.1, 0.15) is 5.15 Å². The molecule has 0 aliphatic carbocycles. The minimum Gasteiger partial charge on any atom is -0.322 e. The molecule has 0 atom stereocenters.